The lowest BCUT2D eigenvalue weighted by molar-refractivity contribution is -0.384. The Labute approximate surface area is 154 Å². The molecule has 1 heterocycles. The van der Waals surface area contributed by atoms with Gasteiger partial charge in [0.2, 0.25) is 0 Å². The van der Waals surface area contributed by atoms with E-state index in [-0.39, 0.29) is 35.4 Å². The number of carbonyl (C=O) groups excluding carboxylic acids is 2. The lowest BCUT2D eigenvalue weighted by atomic mass is 10.1. The first-order valence-electron chi connectivity index (χ1n) is 8.29. The lowest BCUT2D eigenvalue weighted by Gasteiger charge is -2.22. The molecule has 0 atom stereocenters. The number of esters is 1. The molecule has 0 unspecified atom stereocenters. The highest BCUT2D eigenvalue weighted by molar-refractivity contribution is 7.09. The Hall–Kier alpha value is -2.74. The van der Waals surface area contributed by atoms with Gasteiger partial charge in [0.05, 0.1) is 23.6 Å². The van der Waals surface area contributed by atoms with E-state index in [2.05, 4.69) is 0 Å². The van der Waals surface area contributed by atoms with Gasteiger partial charge in [-0.1, -0.05) is 6.07 Å². The zero-order valence-electron chi connectivity index (χ0n) is 14.2. The van der Waals surface area contributed by atoms with Crippen LogP contribution in [-0.2, 0) is 11.3 Å². The number of hydrogen-bond acceptors (Lipinski definition) is 6. The predicted octanol–water partition coefficient (Wildman–Crippen LogP) is 3.64. The summed E-state index contributed by atoms with van der Waals surface area (Å²) in [6.07, 6.45) is 1.83. The third-order valence-corrected chi connectivity index (χ3v) is 4.90. The van der Waals surface area contributed by atoms with Gasteiger partial charge in [0.1, 0.15) is 0 Å². The first-order valence-corrected chi connectivity index (χ1v) is 9.17. The van der Waals surface area contributed by atoms with E-state index in [1.807, 2.05) is 17.5 Å². The van der Waals surface area contributed by atoms with Crippen LogP contribution in [-0.4, -0.2) is 34.3 Å². The average Bonchev–Trinajstić information content (AvgIpc) is 3.34. The molecular weight excluding hydrogens is 356 g/mol. The molecule has 26 heavy (non-hydrogen) atoms. The van der Waals surface area contributed by atoms with Gasteiger partial charge in [0, 0.05) is 28.6 Å². The van der Waals surface area contributed by atoms with Crippen LogP contribution in [0.15, 0.2) is 35.7 Å². The maximum Gasteiger partial charge on any atom is 0.338 e. The largest absolute Gasteiger partial charge is 0.462 e. The summed E-state index contributed by atoms with van der Waals surface area (Å²) in [5, 5.41) is 13.2. The topological polar surface area (TPSA) is 89.8 Å². The van der Waals surface area contributed by atoms with Gasteiger partial charge < -0.3 is 9.64 Å². The molecule has 8 heteroatoms. The summed E-state index contributed by atoms with van der Waals surface area (Å²) in [6.45, 7) is 2.26. The summed E-state index contributed by atoms with van der Waals surface area (Å²) >= 11 is 1.56. The molecular formula is C18H18N2O5S. The Balaban J connectivity index is 1.93. The maximum absolute atomic E-state index is 13.0. The normalized spacial score (nSPS) is 13.3. The highest BCUT2D eigenvalue weighted by Gasteiger charge is 2.34. The molecule has 0 radical (unpaired) electrons. The van der Waals surface area contributed by atoms with Crippen molar-refractivity contribution < 1.29 is 19.2 Å². The quantitative estimate of drug-likeness (QED) is 0.419. The molecule has 1 aliphatic rings. The summed E-state index contributed by atoms with van der Waals surface area (Å²) in [6, 6.07) is 7.73. The third kappa shape index (κ3) is 4.08. The van der Waals surface area contributed by atoms with Crippen LogP contribution in [0.1, 0.15) is 45.4 Å². The number of hydrogen-bond donors (Lipinski definition) is 0. The van der Waals surface area contributed by atoms with Crippen LogP contribution >= 0.6 is 11.3 Å². The SMILES string of the molecule is CCOC(=O)c1cc(C(=O)N(Cc2cccs2)C2CC2)cc([N+](=O)[O-])c1. The van der Waals surface area contributed by atoms with E-state index >= 15 is 0 Å². The number of ether oxygens (including phenoxy) is 1. The summed E-state index contributed by atoms with van der Waals surface area (Å²) in [5.74, 6) is -0.989. The minimum atomic E-state index is -0.679. The van der Waals surface area contributed by atoms with Gasteiger partial charge in [-0.2, -0.15) is 0 Å². The maximum atomic E-state index is 13.0. The number of rotatable bonds is 7. The van der Waals surface area contributed by atoms with E-state index in [9.17, 15) is 19.7 Å². The highest BCUT2D eigenvalue weighted by Crippen LogP contribution is 2.31. The van der Waals surface area contributed by atoms with E-state index in [4.69, 9.17) is 4.74 Å². The summed E-state index contributed by atoms with van der Waals surface area (Å²) in [4.78, 5) is 38.4. The average molecular weight is 374 g/mol. The molecule has 3 rings (SSSR count). The minimum absolute atomic E-state index is 0.0104. The van der Waals surface area contributed by atoms with E-state index in [0.29, 0.717) is 6.54 Å². The van der Waals surface area contributed by atoms with Crippen molar-refractivity contribution in [2.45, 2.75) is 32.4 Å². The summed E-state index contributed by atoms with van der Waals surface area (Å²) in [7, 11) is 0. The van der Waals surface area contributed by atoms with Crippen LogP contribution in [0.3, 0.4) is 0 Å². The second kappa shape index (κ2) is 7.65. The molecule has 0 spiro atoms. The Morgan fingerprint density at radius 2 is 2.04 bits per heavy atom. The molecule has 1 saturated carbocycles. The van der Waals surface area contributed by atoms with Crippen LogP contribution in [0.25, 0.3) is 0 Å². The first-order chi connectivity index (χ1) is 12.5. The summed E-state index contributed by atoms with van der Waals surface area (Å²) < 4.78 is 4.92. The Bertz CT molecular complexity index is 830. The number of thiophene rings is 1. The van der Waals surface area contributed by atoms with Crippen molar-refractivity contribution in [1.82, 2.24) is 4.90 Å². The molecule has 1 fully saturated rings. The number of nitro benzene ring substituents is 1. The minimum Gasteiger partial charge on any atom is -0.462 e. The van der Waals surface area contributed by atoms with Crippen molar-refractivity contribution in [2.75, 3.05) is 6.61 Å². The number of carbonyl (C=O) groups is 2. The fourth-order valence-corrected chi connectivity index (χ4v) is 3.36. The fourth-order valence-electron chi connectivity index (χ4n) is 2.66. The van der Waals surface area contributed by atoms with Crippen molar-refractivity contribution in [1.29, 1.82) is 0 Å². The molecule has 1 aromatic carbocycles. The van der Waals surface area contributed by atoms with Crippen LogP contribution in [0.5, 0.6) is 0 Å². The molecule has 0 aliphatic heterocycles. The number of benzene rings is 1. The van der Waals surface area contributed by atoms with E-state index < -0.39 is 10.9 Å². The van der Waals surface area contributed by atoms with Gasteiger partial charge in [0.15, 0.2) is 0 Å². The summed E-state index contributed by atoms with van der Waals surface area (Å²) in [5.41, 5.74) is -0.159. The van der Waals surface area contributed by atoms with Gasteiger partial charge in [0.25, 0.3) is 11.6 Å². The second-order valence-corrected chi connectivity index (χ2v) is 7.02. The van der Waals surface area contributed by atoms with Crippen LogP contribution in [0.4, 0.5) is 5.69 Å². The van der Waals surface area contributed by atoms with Gasteiger partial charge in [-0.3, -0.25) is 14.9 Å². The Morgan fingerprint density at radius 3 is 2.62 bits per heavy atom. The molecule has 0 saturated heterocycles. The van der Waals surface area contributed by atoms with E-state index in [1.54, 1.807) is 23.2 Å². The van der Waals surface area contributed by atoms with Crippen molar-refractivity contribution in [2.24, 2.45) is 0 Å². The highest BCUT2D eigenvalue weighted by atomic mass is 32.1. The zero-order valence-corrected chi connectivity index (χ0v) is 15.0. The molecule has 2 aromatic rings. The van der Waals surface area contributed by atoms with Gasteiger partial charge in [-0.15, -0.1) is 11.3 Å². The Morgan fingerprint density at radius 1 is 1.31 bits per heavy atom. The first kappa shape index (κ1) is 18.1. The smallest absolute Gasteiger partial charge is 0.338 e. The van der Waals surface area contributed by atoms with Crippen LogP contribution in [0.2, 0.25) is 0 Å². The number of nitrogens with zero attached hydrogens (tertiary/aromatic N) is 2. The number of amides is 1. The van der Waals surface area contributed by atoms with Crippen molar-refractivity contribution in [3.8, 4) is 0 Å². The van der Waals surface area contributed by atoms with Gasteiger partial charge >= 0.3 is 5.97 Å². The molecule has 7 nitrogen and oxygen atoms in total. The third-order valence-electron chi connectivity index (χ3n) is 4.04. The van der Waals surface area contributed by atoms with Crippen molar-refractivity contribution in [3.63, 3.8) is 0 Å². The number of non-ortho nitro benzene ring substituents is 1. The van der Waals surface area contributed by atoms with Crippen LogP contribution in [0, 0.1) is 10.1 Å². The monoisotopic (exact) mass is 374 g/mol. The van der Waals surface area contributed by atoms with Crippen molar-refractivity contribution in [3.05, 3.63) is 61.8 Å². The standard InChI is InChI=1S/C18H18N2O5S/c1-2-25-18(22)13-8-12(9-15(10-13)20(23)24)17(21)19(14-5-6-14)11-16-4-3-7-26-16/h3-4,7-10,14H,2,5-6,11H2,1H3. The van der Waals surface area contributed by atoms with E-state index in [0.717, 1.165) is 23.8 Å². The molecule has 136 valence electrons. The fraction of sp³-hybridized carbons (Fsp3) is 0.333. The second-order valence-electron chi connectivity index (χ2n) is 5.99. The number of nitro groups is 1. The Kier molecular flexibility index (Phi) is 5.32. The molecule has 1 aromatic heterocycles. The van der Waals surface area contributed by atoms with Gasteiger partial charge in [-0.25, -0.2) is 4.79 Å². The van der Waals surface area contributed by atoms with E-state index in [1.165, 1.54) is 12.1 Å². The van der Waals surface area contributed by atoms with Gasteiger partial charge in [-0.05, 0) is 37.3 Å². The predicted molar refractivity (Wildman–Crippen MR) is 96.3 cm³/mol. The lowest BCUT2D eigenvalue weighted by Crippen LogP contribution is -2.32. The molecule has 0 N–H and O–H groups in total. The molecule has 1 amide bonds. The zero-order chi connectivity index (χ0) is 18.7. The van der Waals surface area contributed by atoms with Crippen LogP contribution < -0.4 is 0 Å². The molecule has 1 aliphatic carbocycles. The van der Waals surface area contributed by atoms with Crippen molar-refractivity contribution >= 4 is 28.9 Å². The molecule has 0 bridgehead atoms.